The zero-order valence-corrected chi connectivity index (χ0v) is 44.4. The summed E-state index contributed by atoms with van der Waals surface area (Å²) in [6, 6.07) is 30.4. The summed E-state index contributed by atoms with van der Waals surface area (Å²) < 4.78 is 4.43. The summed E-state index contributed by atoms with van der Waals surface area (Å²) in [5.41, 5.74) is 22.4. The van der Waals surface area contributed by atoms with E-state index in [9.17, 15) is 0 Å². The Morgan fingerprint density at radius 2 is 0.742 bits per heavy atom. The van der Waals surface area contributed by atoms with E-state index in [1.54, 1.807) is 22.3 Å². The normalized spacial score (nSPS) is 20.9. The van der Waals surface area contributed by atoms with Gasteiger partial charge < -0.3 is 24.8 Å². The molecule has 1 aliphatic heterocycles. The van der Waals surface area contributed by atoms with Crippen LogP contribution < -0.4 is 24.8 Å². The Morgan fingerprint density at radius 3 is 1.02 bits per heavy atom. The third-order valence-corrected chi connectivity index (χ3v) is 31.4. The van der Waals surface area contributed by atoms with Gasteiger partial charge in [-0.15, -0.1) is 0 Å². The molecule has 62 heavy (non-hydrogen) atoms. The third kappa shape index (κ3) is 8.54. The average molecular weight is 947 g/mol. The van der Waals surface area contributed by atoms with Gasteiger partial charge >= 0.3 is 373 Å². The Bertz CT molecular complexity index is 2140. The predicted molar refractivity (Wildman–Crippen MR) is 258 cm³/mol. The molecule has 0 N–H and O–H groups in total. The van der Waals surface area contributed by atoms with Crippen LogP contribution in [0.15, 0.2) is 83.9 Å². The van der Waals surface area contributed by atoms with Gasteiger partial charge in [0.25, 0.3) is 0 Å². The maximum Gasteiger partial charge on any atom is -1.00 e. The minimum absolute atomic E-state index is 0. The van der Waals surface area contributed by atoms with Crippen LogP contribution in [0, 0.1) is 11.8 Å². The van der Waals surface area contributed by atoms with Gasteiger partial charge in [0, 0.05) is 0 Å². The van der Waals surface area contributed by atoms with E-state index in [2.05, 4.69) is 168 Å². The Hall–Kier alpha value is -2.18. The van der Waals surface area contributed by atoms with E-state index in [0.29, 0.717) is 7.25 Å². The Labute approximate surface area is 394 Å². The van der Waals surface area contributed by atoms with Crippen molar-refractivity contribution >= 4 is 12.2 Å². The van der Waals surface area contributed by atoms with E-state index in [1.165, 1.54) is 111 Å². The number of allylic oxidation sites excluding steroid dienone is 2. The SMILES string of the molecule is CC(C)(C)c1cc(-c2cccc3c2C=C(C2CCCC2)[CH]3[Zr+2]2([CH]3C(C4CCCC4)=Cc4c(-c5cc(C(C)(C)C)cc(C(C)(C)C)c5)cccc43)[CH2]C[CH2]2)cc(C(C)(C)C)c1.[Cl-].[Cl-]. The summed E-state index contributed by atoms with van der Waals surface area (Å²) in [5.74, 6) is 1.50. The van der Waals surface area contributed by atoms with E-state index in [1.807, 2.05) is 11.1 Å². The first-order chi connectivity index (χ1) is 28.2. The van der Waals surface area contributed by atoms with E-state index in [-0.39, 0.29) is 46.5 Å². The van der Waals surface area contributed by atoms with Crippen LogP contribution in [0.25, 0.3) is 34.4 Å². The van der Waals surface area contributed by atoms with Crippen molar-refractivity contribution < 1.29 is 45.1 Å². The van der Waals surface area contributed by atoms with Crippen LogP contribution in [0.4, 0.5) is 0 Å². The third-order valence-electron chi connectivity index (χ3n) is 16.2. The number of hydrogen-bond donors (Lipinski definition) is 0. The molecule has 9 rings (SSSR count). The molecule has 1 saturated heterocycles. The fraction of sp³-hybridized carbons (Fsp3) is 0.525. The maximum atomic E-state index is 2.83. The van der Waals surface area contributed by atoms with E-state index in [0.717, 1.165) is 11.8 Å². The summed E-state index contributed by atoms with van der Waals surface area (Å²) in [4.78, 5) is 0. The van der Waals surface area contributed by atoms with Crippen molar-refractivity contribution in [3.63, 3.8) is 0 Å². The molecule has 2 saturated carbocycles. The molecule has 0 amide bonds. The molecule has 0 nitrogen and oxygen atoms in total. The van der Waals surface area contributed by atoms with Gasteiger partial charge in [-0.2, -0.15) is 0 Å². The summed E-state index contributed by atoms with van der Waals surface area (Å²) in [6.07, 6.45) is 18.2. The van der Waals surface area contributed by atoms with Gasteiger partial charge in [-0.05, 0) is 0 Å². The minimum atomic E-state index is -3.11. The van der Waals surface area contributed by atoms with Gasteiger partial charge in [-0.25, -0.2) is 0 Å². The molecule has 0 radical (unpaired) electrons. The molecule has 0 spiro atoms. The van der Waals surface area contributed by atoms with Gasteiger partial charge in [0.15, 0.2) is 0 Å². The van der Waals surface area contributed by atoms with Crippen molar-refractivity contribution in [2.45, 2.75) is 178 Å². The van der Waals surface area contributed by atoms with Crippen molar-refractivity contribution in [3.8, 4) is 22.3 Å². The first kappa shape index (κ1) is 47.8. The van der Waals surface area contributed by atoms with Crippen LogP contribution >= 0.6 is 0 Å². The maximum absolute atomic E-state index is 3.11. The van der Waals surface area contributed by atoms with Gasteiger partial charge in [0.2, 0.25) is 0 Å². The fourth-order valence-corrected chi connectivity index (χ4v) is 28.1. The summed E-state index contributed by atoms with van der Waals surface area (Å²) in [7, 11) is 0. The van der Waals surface area contributed by atoms with Crippen LogP contribution in [-0.4, -0.2) is 0 Å². The van der Waals surface area contributed by atoms with Crippen molar-refractivity contribution in [2.75, 3.05) is 0 Å². The Balaban J connectivity index is 0.00000289. The number of hydrogen-bond acceptors (Lipinski definition) is 0. The number of halogens is 2. The van der Waals surface area contributed by atoms with Gasteiger partial charge in [-0.1, -0.05) is 0 Å². The largest absolute Gasteiger partial charge is 1.00 e. The minimum Gasteiger partial charge on any atom is -1.00 e. The average Bonchev–Trinajstić information content (AvgIpc) is 4.00. The zero-order chi connectivity index (χ0) is 42.6. The molecule has 3 fully saturated rings. The quantitative estimate of drug-likeness (QED) is 0.181. The van der Waals surface area contributed by atoms with Gasteiger partial charge in [0.1, 0.15) is 0 Å². The van der Waals surface area contributed by atoms with Crippen molar-refractivity contribution in [1.29, 1.82) is 0 Å². The molecule has 3 heteroatoms. The predicted octanol–water partition coefficient (Wildman–Crippen LogP) is 11.6. The van der Waals surface area contributed by atoms with Crippen LogP contribution in [0.3, 0.4) is 0 Å². The van der Waals surface area contributed by atoms with E-state index >= 15 is 0 Å². The molecule has 4 aromatic carbocycles. The first-order valence-corrected chi connectivity index (χ1v) is 30.6. The summed E-state index contributed by atoms with van der Waals surface area (Å²) in [6.45, 7) is 28.7. The molecule has 0 bridgehead atoms. The van der Waals surface area contributed by atoms with Crippen molar-refractivity contribution in [1.82, 2.24) is 0 Å². The molecule has 0 aromatic heterocycles. The second-order valence-electron chi connectivity index (χ2n) is 24.4. The number of rotatable bonds is 6. The number of benzene rings is 4. The molecular weight excluding hydrogens is 871 g/mol. The standard InChI is InChI=1S/2C28H35.C3H6.2ClH.Zr/c2*1-27(2,3)23-15-22(16-24(18-23)28(4,5)6)25-13-9-12-20-14-21(17-26(20)25)19-10-7-8-11-19;1-3-2;;;/h2*9,12-19H,7-8,10-11H2,1-6H3;1-3H2;2*1H;/q;;;;;+2/p-2. The van der Waals surface area contributed by atoms with Gasteiger partial charge in [-0.3, -0.25) is 0 Å². The van der Waals surface area contributed by atoms with Crippen LogP contribution in [0.2, 0.25) is 8.26 Å². The van der Waals surface area contributed by atoms with Gasteiger partial charge in [0.05, 0.1) is 0 Å². The molecule has 2 unspecified atom stereocenters. The molecule has 4 aromatic rings. The van der Waals surface area contributed by atoms with E-state index in [4.69, 9.17) is 0 Å². The molecule has 330 valence electrons. The second-order valence-corrected chi connectivity index (χ2v) is 35.8. The van der Waals surface area contributed by atoms with Crippen LogP contribution in [0.1, 0.15) is 193 Å². The zero-order valence-electron chi connectivity index (χ0n) is 40.4. The van der Waals surface area contributed by atoms with Crippen molar-refractivity contribution in [2.24, 2.45) is 11.8 Å². The topological polar surface area (TPSA) is 0 Å². The molecule has 2 atom stereocenters. The molecule has 4 aliphatic carbocycles. The number of fused-ring (bicyclic) bond motifs is 2. The summed E-state index contributed by atoms with van der Waals surface area (Å²) >= 11 is -3.11. The van der Waals surface area contributed by atoms with Crippen LogP contribution in [-0.2, 0) is 41.9 Å². The Morgan fingerprint density at radius 1 is 0.419 bits per heavy atom. The molecule has 5 aliphatic rings. The van der Waals surface area contributed by atoms with Crippen LogP contribution in [0.5, 0.6) is 0 Å². The monoisotopic (exact) mass is 944 g/mol. The first-order valence-electron chi connectivity index (χ1n) is 24.3. The second kappa shape index (κ2) is 17.2. The van der Waals surface area contributed by atoms with E-state index < -0.39 is 20.3 Å². The molecular formula is C59H76Cl2Zr. The Kier molecular flexibility index (Phi) is 13.3. The van der Waals surface area contributed by atoms with Crippen molar-refractivity contribution in [3.05, 3.63) is 128 Å². The smallest absolute Gasteiger partial charge is 1.00 e. The molecule has 1 heterocycles. The fourth-order valence-electron chi connectivity index (χ4n) is 12.5. The summed E-state index contributed by atoms with van der Waals surface area (Å²) in [5, 5.41) is 0.